The third-order valence-electron chi connectivity index (χ3n) is 20.6. The molecule has 618 valence electrons. The number of phosphoric ester groups is 2. The predicted octanol–water partition coefficient (Wildman–Crippen LogP) is 25.7. The molecule has 0 bridgehead atoms. The van der Waals surface area contributed by atoms with Gasteiger partial charge in [0.2, 0.25) is 0 Å². The van der Waals surface area contributed by atoms with E-state index >= 15 is 0 Å². The van der Waals surface area contributed by atoms with E-state index in [2.05, 4.69) is 48.5 Å². The van der Waals surface area contributed by atoms with E-state index in [0.717, 1.165) is 114 Å². The monoisotopic (exact) mass is 1520 g/mol. The highest BCUT2D eigenvalue weighted by Crippen LogP contribution is 2.45. The maximum absolute atomic E-state index is 13.1. The Hall–Kier alpha value is -1.94. The Morgan fingerprint density at radius 2 is 0.490 bits per heavy atom. The first-order chi connectivity index (χ1) is 50.3. The highest BCUT2D eigenvalue weighted by atomic mass is 31.2. The minimum atomic E-state index is -4.97. The lowest BCUT2D eigenvalue weighted by molar-refractivity contribution is -0.161. The lowest BCUT2D eigenvalue weighted by Crippen LogP contribution is -2.30. The summed E-state index contributed by atoms with van der Waals surface area (Å²) in [6, 6.07) is 0. The molecule has 0 aliphatic carbocycles. The molecule has 0 amide bonds. The van der Waals surface area contributed by atoms with Crippen LogP contribution >= 0.6 is 15.6 Å². The second-order valence-corrected chi connectivity index (χ2v) is 34.4. The molecule has 3 N–H and O–H groups in total. The van der Waals surface area contributed by atoms with Crippen LogP contribution in [-0.4, -0.2) is 96.7 Å². The molecule has 0 heterocycles. The molecule has 0 spiro atoms. The Labute approximate surface area is 638 Å². The normalized spacial score (nSPS) is 14.4. The number of aliphatic hydroxyl groups excluding tert-OH is 1. The van der Waals surface area contributed by atoms with Crippen LogP contribution in [0, 0.1) is 17.8 Å². The summed E-state index contributed by atoms with van der Waals surface area (Å²) < 4.78 is 68.8. The molecule has 17 nitrogen and oxygen atoms in total. The van der Waals surface area contributed by atoms with E-state index in [4.69, 9.17) is 37.0 Å². The van der Waals surface area contributed by atoms with Crippen molar-refractivity contribution in [2.24, 2.45) is 17.8 Å². The Kier molecular flexibility index (Phi) is 73.7. The van der Waals surface area contributed by atoms with Gasteiger partial charge in [0.15, 0.2) is 12.2 Å². The first-order valence-electron chi connectivity index (χ1n) is 43.9. The van der Waals surface area contributed by atoms with Gasteiger partial charge in [0, 0.05) is 25.7 Å². The number of carbonyl (C=O) groups is 4. The van der Waals surface area contributed by atoms with Gasteiger partial charge in [0.1, 0.15) is 19.3 Å². The van der Waals surface area contributed by atoms with Crippen molar-refractivity contribution in [3.05, 3.63) is 0 Å². The van der Waals surface area contributed by atoms with Gasteiger partial charge in [-0.25, -0.2) is 9.13 Å². The number of unbranched alkanes of at least 4 members (excludes halogenated alkanes) is 49. The average Bonchev–Trinajstić information content (AvgIpc) is 0.913. The number of hydrogen-bond donors (Lipinski definition) is 3. The standard InChI is InChI=1S/C85H166O17P2/c1-8-11-12-13-14-15-16-17-18-19-20-21-22-23-24-25-30-35-40-45-54-61-68-84(89)101-80(72-95-82(87)66-59-52-44-39-34-29-27-26-28-33-38-43-50-57-64-77(6)9-2)74-99-103(91,92)97-70-79(86)71-98-104(93,94)100-75-81(73-96-83(88)67-60-53-48-47-51-58-65-78(7)10-3)102-85(90)69-62-55-46-41-36-31-32-37-42-49-56-63-76(4)5/h76-81,86H,8-75H2,1-7H3,(H,91,92)(H,93,94)/t77?,78?,79-,80-,81-/m1/s1. The third kappa shape index (κ3) is 75.5. The second-order valence-electron chi connectivity index (χ2n) is 31.5. The Morgan fingerprint density at radius 3 is 0.731 bits per heavy atom. The highest BCUT2D eigenvalue weighted by Gasteiger charge is 2.30. The quantitative estimate of drug-likeness (QED) is 0.0222. The summed E-state index contributed by atoms with van der Waals surface area (Å²) in [4.78, 5) is 73.2. The maximum Gasteiger partial charge on any atom is 0.472 e. The molecule has 0 aromatic heterocycles. The van der Waals surface area contributed by atoms with Gasteiger partial charge in [0.25, 0.3) is 0 Å². The van der Waals surface area contributed by atoms with E-state index in [0.29, 0.717) is 25.7 Å². The number of aliphatic hydroxyl groups is 1. The molecule has 0 aromatic carbocycles. The van der Waals surface area contributed by atoms with Gasteiger partial charge in [-0.3, -0.25) is 37.3 Å². The number of rotatable bonds is 83. The van der Waals surface area contributed by atoms with Crippen LogP contribution in [0.5, 0.6) is 0 Å². The lowest BCUT2D eigenvalue weighted by Gasteiger charge is -2.21. The second kappa shape index (κ2) is 75.1. The van der Waals surface area contributed by atoms with Gasteiger partial charge >= 0.3 is 39.5 Å². The molecule has 0 rings (SSSR count). The summed E-state index contributed by atoms with van der Waals surface area (Å²) in [5, 5.41) is 10.7. The molecule has 104 heavy (non-hydrogen) atoms. The SMILES string of the molecule is CCCCCCCCCCCCCCCCCCCCCCCCC(=O)O[C@H](COC(=O)CCCCCCCCCCCCCCCCC(C)CC)COP(=O)(O)OC[C@@H](O)COP(=O)(O)OC[C@@H](COC(=O)CCCCCCCCC(C)CC)OC(=O)CCCCCCCCCCCCCC(C)C. The van der Waals surface area contributed by atoms with Crippen LogP contribution < -0.4 is 0 Å². The zero-order valence-corrected chi connectivity index (χ0v) is 70.3. The van der Waals surface area contributed by atoms with Crippen molar-refractivity contribution in [1.82, 2.24) is 0 Å². The van der Waals surface area contributed by atoms with Gasteiger partial charge in [-0.1, -0.05) is 395 Å². The van der Waals surface area contributed by atoms with E-state index in [9.17, 15) is 43.2 Å². The maximum atomic E-state index is 13.1. The molecule has 0 aliphatic heterocycles. The van der Waals surface area contributed by atoms with Gasteiger partial charge < -0.3 is 33.8 Å². The van der Waals surface area contributed by atoms with Crippen molar-refractivity contribution in [2.45, 2.75) is 465 Å². The highest BCUT2D eigenvalue weighted by molar-refractivity contribution is 7.47. The summed E-state index contributed by atoms with van der Waals surface area (Å²) in [6.07, 6.45) is 65.3. The fraction of sp³-hybridized carbons (Fsp3) is 0.953. The van der Waals surface area contributed by atoms with Gasteiger partial charge in [-0.2, -0.15) is 0 Å². The minimum Gasteiger partial charge on any atom is -0.462 e. The molecule has 4 unspecified atom stereocenters. The van der Waals surface area contributed by atoms with Crippen LogP contribution in [-0.2, 0) is 65.4 Å². The molecule has 0 aromatic rings. The van der Waals surface area contributed by atoms with Gasteiger partial charge in [0.05, 0.1) is 26.4 Å². The Bertz CT molecular complexity index is 2010. The molecule has 0 saturated heterocycles. The Balaban J connectivity index is 5.22. The van der Waals surface area contributed by atoms with Crippen molar-refractivity contribution in [3.63, 3.8) is 0 Å². The Morgan fingerprint density at radius 1 is 0.279 bits per heavy atom. The topological polar surface area (TPSA) is 237 Å². The summed E-state index contributed by atoms with van der Waals surface area (Å²) in [6.45, 7) is 12.0. The lowest BCUT2D eigenvalue weighted by atomic mass is 9.99. The van der Waals surface area contributed by atoms with E-state index in [1.165, 1.54) is 250 Å². The third-order valence-corrected chi connectivity index (χ3v) is 22.5. The van der Waals surface area contributed by atoms with Crippen molar-refractivity contribution in [2.75, 3.05) is 39.6 Å². The van der Waals surface area contributed by atoms with Crippen molar-refractivity contribution in [3.8, 4) is 0 Å². The van der Waals surface area contributed by atoms with Crippen LogP contribution in [0.4, 0.5) is 0 Å². The van der Waals surface area contributed by atoms with E-state index in [1.54, 1.807) is 0 Å². The average molecular weight is 1520 g/mol. The summed E-state index contributed by atoms with van der Waals surface area (Å²) in [5.74, 6) is 0.237. The zero-order chi connectivity index (χ0) is 76.5. The van der Waals surface area contributed by atoms with Crippen molar-refractivity contribution >= 4 is 39.5 Å². The first-order valence-corrected chi connectivity index (χ1v) is 46.9. The molecule has 0 radical (unpaired) electrons. The molecule has 0 fully saturated rings. The van der Waals surface area contributed by atoms with Crippen LogP contribution in [0.25, 0.3) is 0 Å². The smallest absolute Gasteiger partial charge is 0.462 e. The molecule has 7 atom stereocenters. The molecule has 0 aliphatic rings. The van der Waals surface area contributed by atoms with Gasteiger partial charge in [-0.15, -0.1) is 0 Å². The molecule has 0 saturated carbocycles. The number of esters is 4. The molecular weight excluding hydrogens is 1350 g/mol. The minimum absolute atomic E-state index is 0.106. The number of carbonyl (C=O) groups excluding carboxylic acids is 4. The summed E-state index contributed by atoms with van der Waals surface area (Å²) in [5.41, 5.74) is 0. The number of ether oxygens (including phenoxy) is 4. The van der Waals surface area contributed by atoms with Crippen LogP contribution in [0.1, 0.15) is 447 Å². The van der Waals surface area contributed by atoms with Crippen molar-refractivity contribution in [1.29, 1.82) is 0 Å². The number of phosphoric acid groups is 2. The first kappa shape index (κ1) is 102. The van der Waals surface area contributed by atoms with Crippen LogP contribution in [0.2, 0.25) is 0 Å². The molecular formula is C85H166O17P2. The van der Waals surface area contributed by atoms with Crippen LogP contribution in [0.3, 0.4) is 0 Å². The summed E-state index contributed by atoms with van der Waals surface area (Å²) in [7, 11) is -9.93. The van der Waals surface area contributed by atoms with Crippen molar-refractivity contribution < 1.29 is 80.2 Å². The fourth-order valence-corrected chi connectivity index (χ4v) is 14.7. The van der Waals surface area contributed by atoms with Crippen LogP contribution in [0.15, 0.2) is 0 Å². The summed E-state index contributed by atoms with van der Waals surface area (Å²) >= 11 is 0. The van der Waals surface area contributed by atoms with Gasteiger partial charge in [-0.05, 0) is 43.4 Å². The zero-order valence-electron chi connectivity index (χ0n) is 68.5. The van der Waals surface area contributed by atoms with E-state index in [-0.39, 0.29) is 25.7 Å². The van der Waals surface area contributed by atoms with E-state index in [1.807, 2.05) is 0 Å². The number of hydrogen-bond acceptors (Lipinski definition) is 15. The largest absolute Gasteiger partial charge is 0.472 e. The fourth-order valence-electron chi connectivity index (χ4n) is 13.1. The molecule has 19 heteroatoms. The predicted molar refractivity (Wildman–Crippen MR) is 428 cm³/mol. The van der Waals surface area contributed by atoms with E-state index < -0.39 is 97.5 Å².